The number of hydrogen-bond donors (Lipinski definition) is 0. The molecule has 0 unspecified atom stereocenters. The summed E-state index contributed by atoms with van der Waals surface area (Å²) < 4.78 is 53.6. The molecule has 0 radical (unpaired) electrons. The van der Waals surface area contributed by atoms with Crippen molar-refractivity contribution in [3.05, 3.63) is 90.5 Å². The van der Waals surface area contributed by atoms with Gasteiger partial charge in [0.05, 0.1) is 0 Å². The van der Waals surface area contributed by atoms with E-state index in [9.17, 15) is 17.6 Å². The van der Waals surface area contributed by atoms with Crippen LogP contribution in [0.25, 0.3) is 5.57 Å². The molecule has 0 amide bonds. The summed E-state index contributed by atoms with van der Waals surface area (Å²) >= 11 is 0. The molecule has 0 saturated carbocycles. The van der Waals surface area contributed by atoms with Crippen LogP contribution in [-0.2, 0) is 0 Å². The SMILES string of the molecule is C=C1C=CC(c2ccc(F)cc2)=CN1c1ccc(OC(F)(F)F)cc1. The number of halogens is 4. The van der Waals surface area contributed by atoms with E-state index in [0.29, 0.717) is 11.4 Å². The second kappa shape index (κ2) is 6.47. The predicted octanol–water partition coefficient (Wildman–Crippen LogP) is 5.66. The molecule has 0 fully saturated rings. The second-order valence-electron chi connectivity index (χ2n) is 5.33. The highest BCUT2D eigenvalue weighted by molar-refractivity contribution is 5.80. The van der Waals surface area contributed by atoms with Crippen LogP contribution in [-0.4, -0.2) is 6.36 Å². The maximum absolute atomic E-state index is 13.1. The summed E-state index contributed by atoms with van der Waals surface area (Å²) in [6.45, 7) is 3.92. The van der Waals surface area contributed by atoms with Gasteiger partial charge in [0.2, 0.25) is 0 Å². The number of anilines is 1. The molecule has 0 saturated heterocycles. The zero-order valence-corrected chi connectivity index (χ0v) is 12.9. The third kappa shape index (κ3) is 4.09. The van der Waals surface area contributed by atoms with Crippen LogP contribution in [0.1, 0.15) is 5.56 Å². The lowest BCUT2D eigenvalue weighted by molar-refractivity contribution is -0.274. The normalized spacial score (nSPS) is 14.5. The van der Waals surface area contributed by atoms with Crippen molar-refractivity contribution in [1.29, 1.82) is 0 Å². The first-order valence-corrected chi connectivity index (χ1v) is 7.32. The van der Waals surface area contributed by atoms with Crippen LogP contribution in [0, 0.1) is 5.82 Å². The Morgan fingerprint density at radius 3 is 2.12 bits per heavy atom. The lowest BCUT2D eigenvalue weighted by Gasteiger charge is -2.25. The summed E-state index contributed by atoms with van der Waals surface area (Å²) in [7, 11) is 0. The number of allylic oxidation sites excluding steroid dienone is 3. The van der Waals surface area contributed by atoms with Crippen LogP contribution in [0.15, 0.2) is 79.2 Å². The third-order valence-electron chi connectivity index (χ3n) is 3.56. The molecular weight excluding hydrogens is 334 g/mol. The van der Waals surface area contributed by atoms with Crippen molar-refractivity contribution in [2.75, 3.05) is 4.90 Å². The molecule has 0 aromatic heterocycles. The highest BCUT2D eigenvalue weighted by Crippen LogP contribution is 2.31. The molecule has 0 spiro atoms. The van der Waals surface area contributed by atoms with Gasteiger partial charge in [-0.2, -0.15) is 0 Å². The molecule has 0 bridgehead atoms. The number of nitrogens with zero attached hydrogens (tertiary/aromatic N) is 1. The molecule has 2 aromatic rings. The Morgan fingerprint density at radius 1 is 0.880 bits per heavy atom. The second-order valence-corrected chi connectivity index (χ2v) is 5.33. The van der Waals surface area contributed by atoms with Crippen molar-refractivity contribution in [2.45, 2.75) is 6.36 Å². The molecular formula is C19H13F4NO. The molecule has 25 heavy (non-hydrogen) atoms. The first kappa shape index (κ1) is 16.8. The molecule has 1 heterocycles. The van der Waals surface area contributed by atoms with E-state index in [1.165, 1.54) is 36.4 Å². The minimum Gasteiger partial charge on any atom is -0.406 e. The van der Waals surface area contributed by atoms with Crippen molar-refractivity contribution >= 4 is 11.3 Å². The molecule has 1 aliphatic rings. The van der Waals surface area contributed by atoms with E-state index in [-0.39, 0.29) is 11.6 Å². The maximum atomic E-state index is 13.1. The number of hydrogen-bond acceptors (Lipinski definition) is 2. The topological polar surface area (TPSA) is 12.5 Å². The van der Waals surface area contributed by atoms with Crippen molar-refractivity contribution in [1.82, 2.24) is 0 Å². The zero-order chi connectivity index (χ0) is 18.0. The first-order chi connectivity index (χ1) is 11.8. The summed E-state index contributed by atoms with van der Waals surface area (Å²) in [5.74, 6) is -0.622. The van der Waals surface area contributed by atoms with Crippen LogP contribution >= 0.6 is 0 Å². The predicted molar refractivity (Wildman–Crippen MR) is 88.3 cm³/mol. The van der Waals surface area contributed by atoms with Gasteiger partial charge >= 0.3 is 6.36 Å². The van der Waals surface area contributed by atoms with Crippen LogP contribution in [0.4, 0.5) is 23.2 Å². The summed E-state index contributed by atoms with van der Waals surface area (Å²) in [4.78, 5) is 1.73. The van der Waals surface area contributed by atoms with E-state index in [2.05, 4.69) is 11.3 Å². The monoisotopic (exact) mass is 347 g/mol. The fourth-order valence-corrected chi connectivity index (χ4v) is 2.39. The van der Waals surface area contributed by atoms with Crippen molar-refractivity contribution in [3.8, 4) is 5.75 Å². The van der Waals surface area contributed by atoms with Gasteiger partial charge in [0.1, 0.15) is 11.6 Å². The van der Waals surface area contributed by atoms with Gasteiger partial charge in [-0.3, -0.25) is 0 Å². The standard InChI is InChI=1S/C19H13F4NO/c1-13-2-3-15(14-4-6-16(20)7-5-14)12-24(13)17-8-10-18(11-9-17)25-19(21,22)23/h2-12H,1H2. The van der Waals surface area contributed by atoms with Crippen LogP contribution < -0.4 is 9.64 Å². The highest BCUT2D eigenvalue weighted by Gasteiger charge is 2.31. The Labute approximate surface area is 142 Å². The van der Waals surface area contributed by atoms with Gasteiger partial charge in [0, 0.05) is 17.6 Å². The molecule has 1 aliphatic heterocycles. The van der Waals surface area contributed by atoms with E-state index in [0.717, 1.165) is 11.1 Å². The molecule has 128 valence electrons. The van der Waals surface area contributed by atoms with E-state index < -0.39 is 6.36 Å². The minimum absolute atomic E-state index is 0.294. The third-order valence-corrected chi connectivity index (χ3v) is 3.56. The molecule has 2 nitrogen and oxygen atoms in total. The Kier molecular flexibility index (Phi) is 4.35. The van der Waals surface area contributed by atoms with E-state index in [1.807, 2.05) is 6.08 Å². The molecule has 0 N–H and O–H groups in total. The Bertz CT molecular complexity index is 833. The van der Waals surface area contributed by atoms with Crippen molar-refractivity contribution in [2.24, 2.45) is 0 Å². The van der Waals surface area contributed by atoms with Crippen LogP contribution in [0.3, 0.4) is 0 Å². The molecule has 3 rings (SSSR count). The van der Waals surface area contributed by atoms with Gasteiger partial charge in [-0.25, -0.2) is 4.39 Å². The van der Waals surface area contributed by atoms with Gasteiger partial charge in [0.25, 0.3) is 0 Å². The summed E-state index contributed by atoms with van der Waals surface area (Å²) in [5.41, 5.74) is 2.91. The highest BCUT2D eigenvalue weighted by atomic mass is 19.4. The number of ether oxygens (including phenoxy) is 1. The fourth-order valence-electron chi connectivity index (χ4n) is 2.39. The van der Waals surface area contributed by atoms with Crippen LogP contribution in [0.5, 0.6) is 5.75 Å². The average Bonchev–Trinajstić information content (AvgIpc) is 2.56. The summed E-state index contributed by atoms with van der Waals surface area (Å²) in [6.07, 6.45) is 0.676. The molecule has 2 aromatic carbocycles. The quantitative estimate of drug-likeness (QED) is 0.665. The zero-order valence-electron chi connectivity index (χ0n) is 12.9. The molecule has 0 atom stereocenters. The van der Waals surface area contributed by atoms with Gasteiger partial charge in [-0.15, -0.1) is 13.2 Å². The summed E-state index contributed by atoms with van der Waals surface area (Å²) in [6, 6.07) is 11.5. The summed E-state index contributed by atoms with van der Waals surface area (Å²) in [5, 5.41) is 0. The Morgan fingerprint density at radius 2 is 1.52 bits per heavy atom. The fraction of sp³-hybridized carbons (Fsp3) is 0.0526. The molecule has 6 heteroatoms. The molecule has 0 aliphatic carbocycles. The van der Waals surface area contributed by atoms with E-state index in [1.54, 1.807) is 29.3 Å². The van der Waals surface area contributed by atoms with Crippen molar-refractivity contribution < 1.29 is 22.3 Å². The van der Waals surface area contributed by atoms with E-state index in [4.69, 9.17) is 0 Å². The maximum Gasteiger partial charge on any atom is 0.573 e. The number of benzene rings is 2. The Hall–Kier alpha value is -3.02. The smallest absolute Gasteiger partial charge is 0.406 e. The van der Waals surface area contributed by atoms with Crippen molar-refractivity contribution in [3.63, 3.8) is 0 Å². The number of alkyl halides is 3. The lowest BCUT2D eigenvalue weighted by Crippen LogP contribution is -2.18. The van der Waals surface area contributed by atoms with E-state index >= 15 is 0 Å². The average molecular weight is 347 g/mol. The number of rotatable bonds is 3. The lowest BCUT2D eigenvalue weighted by atomic mass is 10.0. The minimum atomic E-state index is -4.73. The van der Waals surface area contributed by atoms with Gasteiger partial charge in [-0.05, 0) is 53.6 Å². The van der Waals surface area contributed by atoms with Gasteiger partial charge in [0.15, 0.2) is 0 Å². The van der Waals surface area contributed by atoms with Gasteiger partial charge < -0.3 is 9.64 Å². The van der Waals surface area contributed by atoms with Gasteiger partial charge in [-0.1, -0.05) is 24.8 Å². The first-order valence-electron chi connectivity index (χ1n) is 7.32. The Balaban J connectivity index is 1.86. The van der Waals surface area contributed by atoms with Crippen LogP contribution in [0.2, 0.25) is 0 Å². The largest absolute Gasteiger partial charge is 0.573 e.